The Morgan fingerprint density at radius 3 is 3.21 bits per heavy atom. The monoisotopic (exact) mass is 277 g/mol. The van der Waals surface area contributed by atoms with Gasteiger partial charge in [0.15, 0.2) is 0 Å². The second-order valence-corrected chi connectivity index (χ2v) is 5.81. The lowest BCUT2D eigenvalue weighted by atomic mass is 10.2. The van der Waals surface area contributed by atoms with Crippen molar-refractivity contribution in [1.29, 1.82) is 0 Å². The zero-order valence-electron chi connectivity index (χ0n) is 10.6. The Labute approximate surface area is 115 Å². The summed E-state index contributed by atoms with van der Waals surface area (Å²) in [6, 6.07) is 5.69. The molecule has 1 fully saturated rings. The molecule has 2 aromatic rings. The van der Waals surface area contributed by atoms with Crippen molar-refractivity contribution in [2.45, 2.75) is 19.4 Å². The normalized spacial score (nSPS) is 18.7. The van der Waals surface area contributed by atoms with Crippen molar-refractivity contribution in [1.82, 2.24) is 10.3 Å². The van der Waals surface area contributed by atoms with Crippen LogP contribution in [0.2, 0.25) is 0 Å². The Morgan fingerprint density at radius 2 is 2.42 bits per heavy atom. The van der Waals surface area contributed by atoms with Crippen LogP contribution in [-0.2, 0) is 4.74 Å². The molecular weight excluding hydrogens is 262 g/mol. The van der Waals surface area contributed by atoms with Crippen LogP contribution in [0.5, 0.6) is 0 Å². The number of anilines is 1. The van der Waals surface area contributed by atoms with Gasteiger partial charge in [-0.25, -0.2) is 9.78 Å². The van der Waals surface area contributed by atoms with Crippen LogP contribution in [-0.4, -0.2) is 30.3 Å². The molecule has 1 saturated heterocycles. The molecule has 5 nitrogen and oxygen atoms in total. The lowest BCUT2D eigenvalue weighted by Crippen LogP contribution is -2.38. The number of aryl methyl sites for hydroxylation is 1. The average molecular weight is 277 g/mol. The SMILES string of the molecule is Cc1nc2cc(NC(=O)NC3CCOC3)ccc2s1. The van der Waals surface area contributed by atoms with Gasteiger partial charge in [0, 0.05) is 12.3 Å². The summed E-state index contributed by atoms with van der Waals surface area (Å²) in [6.45, 7) is 3.29. The van der Waals surface area contributed by atoms with Crippen LogP contribution >= 0.6 is 11.3 Å². The molecule has 1 aromatic carbocycles. The number of benzene rings is 1. The second kappa shape index (κ2) is 5.14. The number of ether oxygens (including phenoxy) is 1. The van der Waals surface area contributed by atoms with Crippen LogP contribution in [0.25, 0.3) is 10.2 Å². The van der Waals surface area contributed by atoms with Crippen LogP contribution < -0.4 is 10.6 Å². The van der Waals surface area contributed by atoms with Gasteiger partial charge in [-0.3, -0.25) is 0 Å². The van der Waals surface area contributed by atoms with Crippen molar-refractivity contribution in [3.8, 4) is 0 Å². The third-order valence-electron chi connectivity index (χ3n) is 3.02. The Kier molecular flexibility index (Phi) is 3.35. The van der Waals surface area contributed by atoms with E-state index in [2.05, 4.69) is 15.6 Å². The Morgan fingerprint density at radius 1 is 1.53 bits per heavy atom. The number of hydrogen-bond donors (Lipinski definition) is 2. The molecule has 0 spiro atoms. The molecule has 2 N–H and O–H groups in total. The molecule has 6 heteroatoms. The fourth-order valence-corrected chi connectivity index (χ4v) is 2.93. The molecule has 2 heterocycles. The molecule has 3 rings (SSSR count). The molecule has 1 aromatic heterocycles. The van der Waals surface area contributed by atoms with Crippen LogP contribution in [0.1, 0.15) is 11.4 Å². The van der Waals surface area contributed by atoms with Crippen LogP contribution in [0.3, 0.4) is 0 Å². The summed E-state index contributed by atoms with van der Waals surface area (Å²) < 4.78 is 6.35. The molecule has 1 atom stereocenters. The van der Waals surface area contributed by atoms with E-state index in [0.29, 0.717) is 6.61 Å². The van der Waals surface area contributed by atoms with E-state index >= 15 is 0 Å². The molecule has 0 radical (unpaired) electrons. The van der Waals surface area contributed by atoms with E-state index in [1.807, 2.05) is 25.1 Å². The van der Waals surface area contributed by atoms with E-state index in [9.17, 15) is 4.79 Å². The highest BCUT2D eigenvalue weighted by Crippen LogP contribution is 2.24. The van der Waals surface area contributed by atoms with E-state index in [4.69, 9.17) is 4.74 Å². The highest BCUT2D eigenvalue weighted by Gasteiger charge is 2.17. The smallest absolute Gasteiger partial charge is 0.319 e. The van der Waals surface area contributed by atoms with Gasteiger partial charge in [0.2, 0.25) is 0 Å². The van der Waals surface area contributed by atoms with Crippen molar-refractivity contribution >= 4 is 33.3 Å². The topological polar surface area (TPSA) is 63.2 Å². The minimum Gasteiger partial charge on any atom is -0.379 e. The molecule has 1 aliphatic rings. The summed E-state index contributed by atoms with van der Waals surface area (Å²) in [7, 11) is 0. The predicted octanol–water partition coefficient (Wildman–Crippen LogP) is 2.52. The average Bonchev–Trinajstić information content (AvgIpc) is 2.96. The molecule has 1 aliphatic heterocycles. The molecule has 0 aliphatic carbocycles. The fraction of sp³-hybridized carbons (Fsp3) is 0.385. The Hall–Kier alpha value is -1.66. The van der Waals surface area contributed by atoms with Gasteiger partial charge in [0.25, 0.3) is 0 Å². The minimum atomic E-state index is -0.193. The summed E-state index contributed by atoms with van der Waals surface area (Å²) in [5, 5.41) is 6.74. The summed E-state index contributed by atoms with van der Waals surface area (Å²) >= 11 is 1.65. The van der Waals surface area contributed by atoms with Gasteiger partial charge in [-0.15, -0.1) is 11.3 Å². The number of nitrogens with zero attached hydrogens (tertiary/aromatic N) is 1. The van der Waals surface area contributed by atoms with E-state index in [-0.39, 0.29) is 12.1 Å². The molecule has 0 bridgehead atoms. The fourth-order valence-electron chi connectivity index (χ4n) is 2.12. The maximum atomic E-state index is 11.8. The minimum absolute atomic E-state index is 0.116. The highest BCUT2D eigenvalue weighted by molar-refractivity contribution is 7.18. The number of rotatable bonds is 2. The molecule has 0 saturated carbocycles. The van der Waals surface area contributed by atoms with Crippen molar-refractivity contribution in [3.63, 3.8) is 0 Å². The Bertz CT molecular complexity index is 605. The summed E-state index contributed by atoms with van der Waals surface area (Å²) in [6.07, 6.45) is 0.873. The first kappa shape index (κ1) is 12.4. The lowest BCUT2D eigenvalue weighted by molar-refractivity contribution is 0.189. The van der Waals surface area contributed by atoms with Gasteiger partial charge in [-0.2, -0.15) is 0 Å². The van der Waals surface area contributed by atoms with Gasteiger partial charge in [-0.05, 0) is 31.5 Å². The van der Waals surface area contributed by atoms with Gasteiger partial charge >= 0.3 is 6.03 Å². The molecule has 100 valence electrons. The number of urea groups is 1. The van der Waals surface area contributed by atoms with Gasteiger partial charge in [0.1, 0.15) is 0 Å². The third kappa shape index (κ3) is 2.85. The van der Waals surface area contributed by atoms with E-state index in [1.165, 1.54) is 0 Å². The first-order valence-corrected chi connectivity index (χ1v) is 7.05. The van der Waals surface area contributed by atoms with Crippen molar-refractivity contribution in [2.24, 2.45) is 0 Å². The van der Waals surface area contributed by atoms with Crippen molar-refractivity contribution < 1.29 is 9.53 Å². The van der Waals surface area contributed by atoms with Crippen molar-refractivity contribution in [2.75, 3.05) is 18.5 Å². The number of carbonyl (C=O) groups is 1. The zero-order valence-corrected chi connectivity index (χ0v) is 11.4. The highest BCUT2D eigenvalue weighted by atomic mass is 32.1. The van der Waals surface area contributed by atoms with Crippen LogP contribution in [0.4, 0.5) is 10.5 Å². The zero-order chi connectivity index (χ0) is 13.2. The first-order chi connectivity index (χ1) is 9.20. The maximum Gasteiger partial charge on any atom is 0.319 e. The van der Waals surface area contributed by atoms with Crippen molar-refractivity contribution in [3.05, 3.63) is 23.2 Å². The number of hydrogen-bond acceptors (Lipinski definition) is 4. The van der Waals surface area contributed by atoms with E-state index < -0.39 is 0 Å². The number of fused-ring (bicyclic) bond motifs is 1. The third-order valence-corrected chi connectivity index (χ3v) is 3.97. The lowest BCUT2D eigenvalue weighted by Gasteiger charge is -2.11. The number of aromatic nitrogens is 1. The first-order valence-electron chi connectivity index (χ1n) is 6.23. The van der Waals surface area contributed by atoms with E-state index in [1.54, 1.807) is 11.3 Å². The maximum absolute atomic E-state index is 11.8. The number of carbonyl (C=O) groups excluding carboxylic acids is 1. The standard InChI is InChI=1S/C13H15N3O2S/c1-8-14-11-6-9(2-3-12(11)19-8)15-13(17)16-10-4-5-18-7-10/h2-3,6,10H,4-5,7H2,1H3,(H2,15,16,17). The van der Waals surface area contributed by atoms with Crippen LogP contribution in [0, 0.1) is 6.92 Å². The molecule has 2 amide bonds. The van der Waals surface area contributed by atoms with Crippen LogP contribution in [0.15, 0.2) is 18.2 Å². The number of amides is 2. The summed E-state index contributed by atoms with van der Waals surface area (Å²) in [5.41, 5.74) is 1.68. The number of nitrogens with one attached hydrogen (secondary N) is 2. The largest absolute Gasteiger partial charge is 0.379 e. The Balaban J connectivity index is 1.68. The second-order valence-electron chi connectivity index (χ2n) is 4.57. The summed E-state index contributed by atoms with van der Waals surface area (Å²) in [4.78, 5) is 16.2. The quantitative estimate of drug-likeness (QED) is 0.886. The summed E-state index contributed by atoms with van der Waals surface area (Å²) in [5.74, 6) is 0. The van der Waals surface area contributed by atoms with Gasteiger partial charge < -0.3 is 15.4 Å². The van der Waals surface area contributed by atoms with Gasteiger partial charge in [0.05, 0.1) is 27.9 Å². The number of thiazole rings is 1. The molecule has 19 heavy (non-hydrogen) atoms. The van der Waals surface area contributed by atoms with E-state index in [0.717, 1.165) is 33.9 Å². The van der Waals surface area contributed by atoms with Gasteiger partial charge in [-0.1, -0.05) is 0 Å². The predicted molar refractivity (Wildman–Crippen MR) is 75.7 cm³/mol. The molecular formula is C13H15N3O2S. The molecule has 1 unspecified atom stereocenters.